The van der Waals surface area contributed by atoms with E-state index in [2.05, 4.69) is 5.32 Å². The van der Waals surface area contributed by atoms with Gasteiger partial charge >= 0.3 is 6.09 Å². The number of rotatable bonds is 6. The molecule has 10 heteroatoms. The van der Waals surface area contributed by atoms with Crippen LogP contribution in [0, 0.1) is 0 Å². The van der Waals surface area contributed by atoms with E-state index in [1.165, 1.54) is 8.61 Å². The molecule has 1 aromatic rings. The Morgan fingerprint density at radius 2 is 1.57 bits per heavy atom. The molecule has 0 atom stereocenters. The Kier molecular flexibility index (Phi) is 7.84. The van der Waals surface area contributed by atoms with Gasteiger partial charge in [0.1, 0.15) is 5.60 Å². The zero-order valence-corrected chi connectivity index (χ0v) is 19.2. The first-order chi connectivity index (χ1) is 14.0. The second-order valence-corrected chi connectivity index (χ2v) is 9.92. The molecule has 0 aliphatic carbocycles. The Bertz CT molecular complexity index is 837. The quantitative estimate of drug-likeness (QED) is 0.732. The predicted octanol–water partition coefficient (Wildman–Crippen LogP) is 2.38. The summed E-state index contributed by atoms with van der Waals surface area (Å²) in [6.45, 7) is 11.0. The van der Waals surface area contributed by atoms with E-state index in [1.54, 1.807) is 49.9 Å². The lowest BCUT2D eigenvalue weighted by Crippen LogP contribution is -2.54. The van der Waals surface area contributed by atoms with Crippen LogP contribution in [-0.2, 0) is 14.9 Å². The number of carbonyl (C=O) groups excluding carboxylic acids is 2. The number of anilines is 1. The molecule has 0 bridgehead atoms. The van der Waals surface area contributed by atoms with Gasteiger partial charge in [0.25, 0.3) is 16.1 Å². The van der Waals surface area contributed by atoms with Gasteiger partial charge in [-0.3, -0.25) is 10.1 Å². The van der Waals surface area contributed by atoms with Crippen molar-refractivity contribution in [3.63, 3.8) is 0 Å². The van der Waals surface area contributed by atoms with Gasteiger partial charge in [-0.2, -0.15) is 17.0 Å². The number of amides is 2. The summed E-state index contributed by atoms with van der Waals surface area (Å²) in [5.41, 5.74) is 0.404. The number of nitrogens with one attached hydrogen (secondary N) is 1. The molecule has 1 fully saturated rings. The highest BCUT2D eigenvalue weighted by molar-refractivity contribution is 7.86. The molecule has 0 radical (unpaired) electrons. The molecule has 30 heavy (non-hydrogen) atoms. The molecule has 1 N–H and O–H groups in total. The Balaban J connectivity index is 1.95. The first-order valence-electron chi connectivity index (χ1n) is 10.1. The Labute approximate surface area is 179 Å². The number of benzene rings is 1. The van der Waals surface area contributed by atoms with Crippen molar-refractivity contribution in [1.29, 1.82) is 0 Å². The van der Waals surface area contributed by atoms with Gasteiger partial charge in [0.05, 0.1) is 0 Å². The minimum Gasteiger partial charge on any atom is -0.444 e. The van der Waals surface area contributed by atoms with Crippen molar-refractivity contribution in [1.82, 2.24) is 13.5 Å². The normalized spacial score (nSPS) is 15.9. The van der Waals surface area contributed by atoms with Crippen LogP contribution in [0.5, 0.6) is 0 Å². The van der Waals surface area contributed by atoms with Crippen LogP contribution in [0.2, 0.25) is 0 Å². The maximum atomic E-state index is 12.8. The monoisotopic (exact) mass is 440 g/mol. The van der Waals surface area contributed by atoms with Crippen molar-refractivity contribution in [2.45, 2.75) is 40.2 Å². The molecule has 0 unspecified atom stereocenters. The molecule has 1 aromatic carbocycles. The zero-order valence-electron chi connectivity index (χ0n) is 18.3. The minimum absolute atomic E-state index is 0.168. The standard InChI is InChI=1S/C20H32N4O5S/c1-6-23(7-2)30(27,28)24-14-12-22(13-15-24)18(25)16-8-10-17(11-9-16)21-19(26)29-20(3,4)5/h8-11H,6-7,12-15H2,1-5H3,(H,21,26). The fraction of sp³-hybridized carbons (Fsp3) is 0.600. The van der Waals surface area contributed by atoms with E-state index in [-0.39, 0.29) is 19.0 Å². The van der Waals surface area contributed by atoms with E-state index in [1.807, 2.05) is 13.8 Å². The summed E-state index contributed by atoms with van der Waals surface area (Å²) in [6.07, 6.45) is -0.563. The van der Waals surface area contributed by atoms with E-state index in [9.17, 15) is 18.0 Å². The van der Waals surface area contributed by atoms with Crippen LogP contribution in [0.1, 0.15) is 45.0 Å². The minimum atomic E-state index is -3.49. The van der Waals surface area contributed by atoms with Gasteiger partial charge in [0, 0.05) is 50.5 Å². The van der Waals surface area contributed by atoms with E-state index in [0.717, 1.165) is 0 Å². The largest absolute Gasteiger partial charge is 0.444 e. The smallest absolute Gasteiger partial charge is 0.412 e. The molecule has 1 heterocycles. The Hall–Kier alpha value is -2.17. The van der Waals surface area contributed by atoms with Crippen molar-refractivity contribution in [2.75, 3.05) is 44.6 Å². The molecule has 0 aromatic heterocycles. The van der Waals surface area contributed by atoms with Crippen LogP contribution < -0.4 is 5.32 Å². The Morgan fingerprint density at radius 1 is 1.03 bits per heavy atom. The van der Waals surface area contributed by atoms with Crippen LogP contribution in [-0.4, -0.2) is 78.8 Å². The number of hydrogen-bond acceptors (Lipinski definition) is 5. The molecule has 2 amide bonds. The van der Waals surface area contributed by atoms with Crippen molar-refractivity contribution in [3.8, 4) is 0 Å². The van der Waals surface area contributed by atoms with Gasteiger partial charge < -0.3 is 9.64 Å². The second kappa shape index (κ2) is 9.76. The van der Waals surface area contributed by atoms with Gasteiger partial charge in [-0.25, -0.2) is 4.79 Å². The van der Waals surface area contributed by atoms with Crippen molar-refractivity contribution in [3.05, 3.63) is 29.8 Å². The topological polar surface area (TPSA) is 99.3 Å². The van der Waals surface area contributed by atoms with Gasteiger partial charge in [-0.05, 0) is 45.0 Å². The van der Waals surface area contributed by atoms with Crippen molar-refractivity contribution < 1.29 is 22.7 Å². The van der Waals surface area contributed by atoms with Crippen LogP contribution in [0.3, 0.4) is 0 Å². The van der Waals surface area contributed by atoms with E-state index >= 15 is 0 Å². The van der Waals surface area contributed by atoms with Crippen molar-refractivity contribution >= 4 is 27.9 Å². The molecule has 1 aliphatic heterocycles. The lowest BCUT2D eigenvalue weighted by atomic mass is 10.1. The average Bonchev–Trinajstić information content (AvgIpc) is 2.67. The van der Waals surface area contributed by atoms with E-state index < -0.39 is 21.9 Å². The summed E-state index contributed by atoms with van der Waals surface area (Å²) >= 11 is 0. The van der Waals surface area contributed by atoms with Crippen molar-refractivity contribution in [2.24, 2.45) is 0 Å². The highest BCUT2D eigenvalue weighted by Gasteiger charge is 2.32. The maximum absolute atomic E-state index is 12.8. The SMILES string of the molecule is CCN(CC)S(=O)(=O)N1CCN(C(=O)c2ccc(NC(=O)OC(C)(C)C)cc2)CC1. The van der Waals surface area contributed by atoms with Crippen LogP contribution >= 0.6 is 0 Å². The number of piperazine rings is 1. The molecule has 9 nitrogen and oxygen atoms in total. The van der Waals surface area contributed by atoms with E-state index in [4.69, 9.17) is 4.74 Å². The summed E-state index contributed by atoms with van der Waals surface area (Å²) in [4.78, 5) is 26.2. The molecule has 0 saturated carbocycles. The fourth-order valence-electron chi connectivity index (χ4n) is 3.14. The first kappa shape index (κ1) is 24.1. The number of hydrogen-bond donors (Lipinski definition) is 1. The molecule has 168 valence electrons. The summed E-state index contributed by atoms with van der Waals surface area (Å²) in [7, 11) is -3.49. The predicted molar refractivity (Wildman–Crippen MR) is 116 cm³/mol. The summed E-state index contributed by atoms with van der Waals surface area (Å²) in [6, 6.07) is 6.54. The summed E-state index contributed by atoms with van der Waals surface area (Å²) < 4.78 is 33.3. The molecule has 1 aliphatic rings. The molecular formula is C20H32N4O5S. The summed E-state index contributed by atoms with van der Waals surface area (Å²) in [5.74, 6) is -0.168. The number of ether oxygens (including phenoxy) is 1. The summed E-state index contributed by atoms with van der Waals surface area (Å²) in [5, 5.41) is 2.62. The second-order valence-electron chi connectivity index (χ2n) is 7.99. The number of nitrogens with zero attached hydrogens (tertiary/aromatic N) is 3. The fourth-order valence-corrected chi connectivity index (χ4v) is 4.74. The molecule has 2 rings (SSSR count). The van der Waals surface area contributed by atoms with Gasteiger partial charge in [0.2, 0.25) is 0 Å². The molecule has 1 saturated heterocycles. The third-order valence-corrected chi connectivity index (χ3v) is 6.85. The van der Waals surface area contributed by atoms with Gasteiger partial charge in [0.15, 0.2) is 0 Å². The third kappa shape index (κ3) is 6.16. The third-order valence-electron chi connectivity index (χ3n) is 4.66. The Morgan fingerprint density at radius 3 is 2.03 bits per heavy atom. The maximum Gasteiger partial charge on any atom is 0.412 e. The van der Waals surface area contributed by atoms with E-state index in [0.29, 0.717) is 37.4 Å². The van der Waals surface area contributed by atoms with Gasteiger partial charge in [-0.15, -0.1) is 0 Å². The highest BCUT2D eigenvalue weighted by Crippen LogP contribution is 2.17. The molecular weight excluding hydrogens is 408 g/mol. The van der Waals surface area contributed by atoms with Crippen LogP contribution in [0.25, 0.3) is 0 Å². The van der Waals surface area contributed by atoms with Crippen LogP contribution in [0.4, 0.5) is 10.5 Å². The lowest BCUT2D eigenvalue weighted by Gasteiger charge is -2.36. The van der Waals surface area contributed by atoms with Crippen LogP contribution in [0.15, 0.2) is 24.3 Å². The number of carbonyl (C=O) groups is 2. The molecule has 0 spiro atoms. The first-order valence-corrected chi connectivity index (χ1v) is 11.5. The average molecular weight is 441 g/mol. The lowest BCUT2D eigenvalue weighted by molar-refractivity contribution is 0.0635. The zero-order chi connectivity index (χ0) is 22.5. The van der Waals surface area contributed by atoms with Gasteiger partial charge in [-0.1, -0.05) is 13.8 Å². The highest BCUT2D eigenvalue weighted by atomic mass is 32.2.